The molecule has 5 nitrogen and oxygen atoms in total. The summed E-state index contributed by atoms with van der Waals surface area (Å²) < 4.78 is 0. The molecule has 0 aliphatic heterocycles. The van der Waals surface area contributed by atoms with Crippen LogP contribution in [0.4, 0.5) is 0 Å². The topological polar surface area (TPSA) is 90.4 Å². The molecule has 1 aromatic heterocycles. The molecule has 1 aliphatic rings. The molecule has 0 atom stereocenters. The fourth-order valence-corrected chi connectivity index (χ4v) is 2.48. The molecule has 0 fully saturated rings. The van der Waals surface area contributed by atoms with Gasteiger partial charge in [0.15, 0.2) is 11.5 Å². The molecule has 3 N–H and O–H groups in total. The number of Topliss-reactive ketones (excluding diaryl/α,β-unsaturated/α-hetero) is 1. The first-order valence-electron chi connectivity index (χ1n) is 5.69. The summed E-state index contributed by atoms with van der Waals surface area (Å²) in [6, 6.07) is 5.10. The zero-order valence-electron chi connectivity index (χ0n) is 9.98. The van der Waals surface area contributed by atoms with Gasteiger partial charge in [0, 0.05) is 28.7 Å². The zero-order chi connectivity index (χ0) is 14.4. The lowest BCUT2D eigenvalue weighted by Crippen LogP contribution is -2.18. The summed E-state index contributed by atoms with van der Waals surface area (Å²) in [7, 11) is 0. The highest BCUT2D eigenvalue weighted by Gasteiger charge is 2.31. The molecule has 2 aromatic rings. The van der Waals surface area contributed by atoms with Crippen LogP contribution in [0.5, 0.6) is 0 Å². The summed E-state index contributed by atoms with van der Waals surface area (Å²) in [5.41, 5.74) is 0.678. The third-order valence-electron chi connectivity index (χ3n) is 3.12. The van der Waals surface area contributed by atoms with E-state index in [0.717, 1.165) is 0 Å². The lowest BCUT2D eigenvalue weighted by molar-refractivity contribution is -0.117. The van der Waals surface area contributed by atoms with Crippen molar-refractivity contribution in [2.45, 2.75) is 0 Å². The van der Waals surface area contributed by atoms with Crippen LogP contribution in [0, 0.1) is 0 Å². The van der Waals surface area contributed by atoms with Gasteiger partial charge in [0.1, 0.15) is 0 Å². The Morgan fingerprint density at radius 2 is 1.90 bits per heavy atom. The number of benzene rings is 1. The third kappa shape index (κ3) is 1.64. The molecule has 0 amide bonds. The number of allylic oxidation sites excluding steroid dienone is 2. The van der Waals surface area contributed by atoms with Crippen LogP contribution >= 0.6 is 11.6 Å². The summed E-state index contributed by atoms with van der Waals surface area (Å²) >= 11 is 6.09. The van der Waals surface area contributed by atoms with Crippen molar-refractivity contribution < 1.29 is 19.8 Å². The van der Waals surface area contributed by atoms with Crippen LogP contribution in [0.15, 0.2) is 42.0 Å². The highest BCUT2D eigenvalue weighted by Crippen LogP contribution is 2.34. The minimum atomic E-state index is -0.821. The van der Waals surface area contributed by atoms with Gasteiger partial charge in [-0.3, -0.25) is 9.59 Å². The van der Waals surface area contributed by atoms with Gasteiger partial charge in [-0.05, 0) is 12.1 Å². The van der Waals surface area contributed by atoms with Crippen LogP contribution in [-0.2, 0) is 9.59 Å². The standard InChI is InChI=1S/C14H8ClNO4/c15-7-2-1-3-8-11(7)6(5-16-8)12-13(19)9(17)4-10(18)14(12)20/h1-5,16-17,20H. The van der Waals surface area contributed by atoms with E-state index < -0.39 is 23.1 Å². The summed E-state index contributed by atoms with van der Waals surface area (Å²) in [5.74, 6) is -3.04. The quantitative estimate of drug-likeness (QED) is 0.704. The number of rotatable bonds is 1. The van der Waals surface area contributed by atoms with E-state index in [1.165, 1.54) is 6.20 Å². The second-order valence-corrected chi connectivity index (χ2v) is 4.72. The maximum absolute atomic E-state index is 12.0. The minimum absolute atomic E-state index is 0.255. The molecule has 1 heterocycles. The molecule has 1 aliphatic carbocycles. The Kier molecular flexibility index (Phi) is 2.65. The molecule has 3 rings (SSSR count). The first kappa shape index (κ1) is 12.5. The number of aromatic nitrogens is 1. The number of hydrogen-bond donors (Lipinski definition) is 3. The van der Waals surface area contributed by atoms with Crippen molar-refractivity contribution in [1.29, 1.82) is 0 Å². The van der Waals surface area contributed by atoms with Gasteiger partial charge in [0.05, 0.1) is 10.6 Å². The molecule has 0 spiro atoms. The molecular weight excluding hydrogens is 282 g/mol. The zero-order valence-corrected chi connectivity index (χ0v) is 10.7. The van der Waals surface area contributed by atoms with Crippen molar-refractivity contribution in [3.63, 3.8) is 0 Å². The number of fused-ring (bicyclic) bond motifs is 1. The lowest BCUT2D eigenvalue weighted by Gasteiger charge is -2.12. The van der Waals surface area contributed by atoms with E-state index in [1.54, 1.807) is 18.2 Å². The Morgan fingerprint density at radius 3 is 2.65 bits per heavy atom. The highest BCUT2D eigenvalue weighted by atomic mass is 35.5. The van der Waals surface area contributed by atoms with Crippen molar-refractivity contribution in [1.82, 2.24) is 4.98 Å². The number of ketones is 2. The Hall–Kier alpha value is -2.53. The summed E-state index contributed by atoms with van der Waals surface area (Å²) in [5, 5.41) is 20.2. The maximum atomic E-state index is 12.0. The van der Waals surface area contributed by atoms with Gasteiger partial charge >= 0.3 is 0 Å². The molecule has 0 saturated carbocycles. The number of aliphatic hydroxyl groups excluding tert-OH is 2. The van der Waals surface area contributed by atoms with Crippen LogP contribution in [0.25, 0.3) is 16.5 Å². The second kappa shape index (κ2) is 4.25. The molecule has 0 bridgehead atoms. The van der Waals surface area contributed by atoms with Crippen molar-refractivity contribution in [2.24, 2.45) is 0 Å². The van der Waals surface area contributed by atoms with Gasteiger partial charge in [-0.25, -0.2) is 0 Å². The minimum Gasteiger partial charge on any atom is -0.504 e. The maximum Gasteiger partial charge on any atom is 0.231 e. The number of carbonyl (C=O) groups is 2. The van der Waals surface area contributed by atoms with Crippen molar-refractivity contribution in [3.05, 3.63) is 52.6 Å². The summed E-state index contributed by atoms with van der Waals surface area (Å²) in [4.78, 5) is 26.4. The van der Waals surface area contributed by atoms with Crippen molar-refractivity contribution in [2.75, 3.05) is 0 Å². The fraction of sp³-hybridized carbons (Fsp3) is 0. The van der Waals surface area contributed by atoms with Crippen LogP contribution in [0.2, 0.25) is 5.02 Å². The monoisotopic (exact) mass is 289 g/mol. The lowest BCUT2D eigenvalue weighted by atomic mass is 9.93. The average Bonchev–Trinajstić information content (AvgIpc) is 2.82. The molecular formula is C14H8ClNO4. The molecule has 6 heteroatoms. The number of halogens is 1. The van der Waals surface area contributed by atoms with Gasteiger partial charge in [-0.15, -0.1) is 0 Å². The predicted molar refractivity (Wildman–Crippen MR) is 73.6 cm³/mol. The molecule has 20 heavy (non-hydrogen) atoms. The van der Waals surface area contributed by atoms with E-state index in [1.807, 2.05) is 0 Å². The summed E-state index contributed by atoms with van der Waals surface area (Å²) in [6.45, 7) is 0. The predicted octanol–water partition coefficient (Wildman–Crippen LogP) is 2.68. The Morgan fingerprint density at radius 1 is 1.15 bits per heavy atom. The summed E-state index contributed by atoms with van der Waals surface area (Å²) in [6.07, 6.45) is 2.16. The van der Waals surface area contributed by atoms with Crippen LogP contribution in [0.1, 0.15) is 5.56 Å². The fourth-order valence-electron chi connectivity index (χ4n) is 2.20. The normalized spacial score (nSPS) is 15.9. The van der Waals surface area contributed by atoms with Crippen LogP contribution in [-0.4, -0.2) is 26.8 Å². The number of carbonyl (C=O) groups excluding carboxylic acids is 2. The smallest absolute Gasteiger partial charge is 0.231 e. The molecule has 0 saturated heterocycles. The van der Waals surface area contributed by atoms with E-state index in [2.05, 4.69) is 4.98 Å². The van der Waals surface area contributed by atoms with Gasteiger partial charge < -0.3 is 15.2 Å². The van der Waals surface area contributed by atoms with Crippen molar-refractivity contribution >= 4 is 39.6 Å². The van der Waals surface area contributed by atoms with Crippen LogP contribution in [0.3, 0.4) is 0 Å². The highest BCUT2D eigenvalue weighted by molar-refractivity contribution is 6.41. The third-order valence-corrected chi connectivity index (χ3v) is 3.44. The molecule has 1 aromatic carbocycles. The van der Waals surface area contributed by atoms with Crippen LogP contribution < -0.4 is 0 Å². The number of aliphatic hydroxyl groups is 2. The van der Waals surface area contributed by atoms with Gasteiger partial charge in [0.25, 0.3) is 0 Å². The van der Waals surface area contributed by atoms with E-state index in [-0.39, 0.29) is 11.1 Å². The van der Waals surface area contributed by atoms with E-state index in [0.29, 0.717) is 22.0 Å². The first-order chi connectivity index (χ1) is 9.50. The molecule has 100 valence electrons. The SMILES string of the molecule is O=C1C=C(O)C(=O)C(c2c[nH]c3cccc(Cl)c23)=C1O. The van der Waals surface area contributed by atoms with E-state index in [9.17, 15) is 19.8 Å². The van der Waals surface area contributed by atoms with Crippen molar-refractivity contribution in [3.8, 4) is 0 Å². The number of aromatic amines is 1. The molecule has 0 unspecified atom stereocenters. The number of H-pyrrole nitrogens is 1. The van der Waals surface area contributed by atoms with E-state index in [4.69, 9.17) is 11.6 Å². The Balaban J connectivity index is 2.33. The first-order valence-corrected chi connectivity index (χ1v) is 6.07. The largest absolute Gasteiger partial charge is 0.504 e. The number of hydrogen-bond acceptors (Lipinski definition) is 4. The second-order valence-electron chi connectivity index (χ2n) is 4.31. The van der Waals surface area contributed by atoms with Gasteiger partial charge in [-0.1, -0.05) is 17.7 Å². The van der Waals surface area contributed by atoms with Gasteiger partial charge in [-0.2, -0.15) is 0 Å². The Labute approximate surface area is 117 Å². The Bertz CT molecular complexity index is 829. The average molecular weight is 290 g/mol. The number of nitrogens with one attached hydrogen (secondary N) is 1. The van der Waals surface area contributed by atoms with E-state index >= 15 is 0 Å². The van der Waals surface area contributed by atoms with Gasteiger partial charge in [0.2, 0.25) is 11.6 Å². The molecule has 0 radical (unpaired) electrons.